The Morgan fingerprint density at radius 3 is 2.63 bits per heavy atom. The largest absolute Gasteiger partial charge is 0.368 e. The number of hydrogen-bond donors (Lipinski definition) is 3. The highest BCUT2D eigenvalue weighted by atomic mass is 16.1. The van der Waals surface area contributed by atoms with Crippen molar-refractivity contribution in [3.05, 3.63) is 46.4 Å². The molecule has 1 aromatic heterocycles. The molecule has 1 aliphatic rings. The van der Waals surface area contributed by atoms with E-state index in [1.165, 1.54) is 10.1 Å². The average molecular weight is 259 g/mol. The lowest BCUT2D eigenvalue weighted by Crippen LogP contribution is -2.38. The molecule has 0 radical (unpaired) electrons. The lowest BCUT2D eigenvalue weighted by atomic mass is 9.95. The van der Waals surface area contributed by atoms with Gasteiger partial charge < -0.3 is 11.1 Å². The molecular formula is C13H17N5O. The van der Waals surface area contributed by atoms with Gasteiger partial charge in [0.25, 0.3) is 0 Å². The van der Waals surface area contributed by atoms with Gasteiger partial charge in [-0.25, -0.2) is 9.89 Å². The minimum absolute atomic E-state index is 0.0752. The molecule has 0 aliphatic carbocycles. The van der Waals surface area contributed by atoms with Crippen molar-refractivity contribution in [1.82, 2.24) is 20.1 Å². The van der Waals surface area contributed by atoms with Crippen molar-refractivity contribution in [3.63, 3.8) is 0 Å². The fraction of sp³-hybridized carbons (Fsp3) is 0.385. The Hall–Kier alpha value is -2.08. The van der Waals surface area contributed by atoms with Crippen LogP contribution in [-0.2, 0) is 0 Å². The SMILES string of the molecule is Nc1n[nH]c(=O)n1[C@H]1CC[C@@H](c2ccccc2)NC1. The molecule has 1 aromatic carbocycles. The summed E-state index contributed by atoms with van der Waals surface area (Å²) in [6.45, 7) is 0.725. The summed E-state index contributed by atoms with van der Waals surface area (Å²) in [5, 5.41) is 9.60. The van der Waals surface area contributed by atoms with Crippen molar-refractivity contribution in [2.75, 3.05) is 12.3 Å². The minimum Gasteiger partial charge on any atom is -0.368 e. The molecule has 19 heavy (non-hydrogen) atoms. The van der Waals surface area contributed by atoms with Gasteiger partial charge in [0, 0.05) is 12.6 Å². The molecule has 2 aromatic rings. The molecule has 1 aliphatic heterocycles. The predicted octanol–water partition coefficient (Wildman–Crippen LogP) is 0.819. The van der Waals surface area contributed by atoms with Crippen LogP contribution in [0.4, 0.5) is 5.95 Å². The molecule has 1 saturated heterocycles. The quantitative estimate of drug-likeness (QED) is 0.745. The van der Waals surface area contributed by atoms with E-state index < -0.39 is 0 Å². The van der Waals surface area contributed by atoms with Gasteiger partial charge in [0.2, 0.25) is 5.95 Å². The van der Waals surface area contributed by atoms with Crippen molar-refractivity contribution in [1.29, 1.82) is 0 Å². The van der Waals surface area contributed by atoms with Crippen LogP contribution in [0.2, 0.25) is 0 Å². The van der Waals surface area contributed by atoms with Crippen LogP contribution < -0.4 is 16.7 Å². The highest BCUT2D eigenvalue weighted by Crippen LogP contribution is 2.28. The Balaban J connectivity index is 1.72. The topological polar surface area (TPSA) is 88.7 Å². The number of nitrogens with one attached hydrogen (secondary N) is 2. The predicted molar refractivity (Wildman–Crippen MR) is 72.7 cm³/mol. The summed E-state index contributed by atoms with van der Waals surface area (Å²) in [6.07, 6.45) is 1.89. The average Bonchev–Trinajstić information content (AvgIpc) is 2.79. The maximum absolute atomic E-state index is 11.6. The second-order valence-corrected chi connectivity index (χ2v) is 4.86. The molecule has 4 N–H and O–H groups in total. The number of nitrogens with two attached hydrogens (primary N) is 1. The molecule has 100 valence electrons. The Bertz CT molecular complexity index is 595. The van der Waals surface area contributed by atoms with Gasteiger partial charge in [0.1, 0.15) is 0 Å². The molecular weight excluding hydrogens is 242 g/mol. The van der Waals surface area contributed by atoms with Crippen LogP contribution in [0, 0.1) is 0 Å². The third-order valence-corrected chi connectivity index (χ3v) is 3.69. The van der Waals surface area contributed by atoms with Gasteiger partial charge >= 0.3 is 5.69 Å². The van der Waals surface area contributed by atoms with Crippen LogP contribution in [0.25, 0.3) is 0 Å². The standard InChI is InChI=1S/C13H17N5O/c14-12-16-17-13(19)18(12)10-6-7-11(15-8-10)9-4-2-1-3-5-9/h1-5,10-11,15H,6-8H2,(H2,14,16)(H,17,19)/t10-,11-/m0/s1. The van der Waals surface area contributed by atoms with Gasteiger partial charge in [-0.05, 0) is 18.4 Å². The zero-order valence-electron chi connectivity index (χ0n) is 10.5. The third kappa shape index (κ3) is 2.26. The molecule has 0 bridgehead atoms. The molecule has 2 heterocycles. The first-order chi connectivity index (χ1) is 9.25. The summed E-state index contributed by atoms with van der Waals surface area (Å²) >= 11 is 0. The number of nitrogen functional groups attached to an aromatic ring is 1. The fourth-order valence-corrected chi connectivity index (χ4v) is 2.70. The third-order valence-electron chi connectivity index (χ3n) is 3.69. The molecule has 6 nitrogen and oxygen atoms in total. The maximum Gasteiger partial charge on any atom is 0.345 e. The molecule has 0 spiro atoms. The highest BCUT2D eigenvalue weighted by molar-refractivity contribution is 5.20. The van der Waals surface area contributed by atoms with Gasteiger partial charge in [-0.2, -0.15) is 0 Å². The molecule has 0 saturated carbocycles. The first-order valence-corrected chi connectivity index (χ1v) is 6.46. The molecule has 1 fully saturated rings. The fourth-order valence-electron chi connectivity index (χ4n) is 2.70. The zero-order chi connectivity index (χ0) is 13.2. The van der Waals surface area contributed by atoms with E-state index >= 15 is 0 Å². The van der Waals surface area contributed by atoms with Gasteiger partial charge in [-0.15, -0.1) is 5.10 Å². The summed E-state index contributed by atoms with van der Waals surface area (Å²) in [5.41, 5.74) is 6.76. The number of benzene rings is 1. The van der Waals surface area contributed by atoms with E-state index in [1.807, 2.05) is 18.2 Å². The summed E-state index contributed by atoms with van der Waals surface area (Å²) in [7, 11) is 0. The summed E-state index contributed by atoms with van der Waals surface area (Å²) in [4.78, 5) is 11.6. The van der Waals surface area contributed by atoms with E-state index in [1.54, 1.807) is 0 Å². The number of aromatic nitrogens is 3. The number of anilines is 1. The van der Waals surface area contributed by atoms with E-state index in [-0.39, 0.29) is 17.7 Å². The number of piperidine rings is 1. The zero-order valence-corrected chi connectivity index (χ0v) is 10.5. The summed E-state index contributed by atoms with van der Waals surface area (Å²) < 4.78 is 1.54. The van der Waals surface area contributed by atoms with E-state index in [0.717, 1.165) is 19.4 Å². The second-order valence-electron chi connectivity index (χ2n) is 4.86. The summed E-state index contributed by atoms with van der Waals surface area (Å²) in [5.74, 6) is 0.259. The molecule has 3 rings (SSSR count). The van der Waals surface area contributed by atoms with Gasteiger partial charge in [0.05, 0.1) is 6.04 Å². The first-order valence-electron chi connectivity index (χ1n) is 6.46. The summed E-state index contributed by atoms with van der Waals surface area (Å²) in [6, 6.07) is 10.8. The maximum atomic E-state index is 11.6. The molecule has 0 unspecified atom stereocenters. The molecule has 0 amide bonds. The second kappa shape index (κ2) is 4.89. The lowest BCUT2D eigenvalue weighted by Gasteiger charge is -2.30. The normalized spacial score (nSPS) is 23.4. The van der Waals surface area contributed by atoms with Crippen LogP contribution in [0.5, 0.6) is 0 Å². The monoisotopic (exact) mass is 259 g/mol. The van der Waals surface area contributed by atoms with Gasteiger partial charge in [-0.3, -0.25) is 4.57 Å². The number of H-pyrrole nitrogens is 1. The number of rotatable bonds is 2. The first kappa shape index (κ1) is 12.0. The van der Waals surface area contributed by atoms with Gasteiger partial charge in [0.15, 0.2) is 0 Å². The Morgan fingerprint density at radius 1 is 1.26 bits per heavy atom. The van der Waals surface area contributed by atoms with Crippen molar-refractivity contribution in [2.45, 2.75) is 24.9 Å². The van der Waals surface area contributed by atoms with Gasteiger partial charge in [-0.1, -0.05) is 30.3 Å². The van der Waals surface area contributed by atoms with Crippen LogP contribution in [-0.4, -0.2) is 21.3 Å². The minimum atomic E-state index is -0.234. The van der Waals surface area contributed by atoms with Crippen molar-refractivity contribution < 1.29 is 0 Å². The highest BCUT2D eigenvalue weighted by Gasteiger charge is 2.25. The van der Waals surface area contributed by atoms with E-state index in [9.17, 15) is 4.79 Å². The van der Waals surface area contributed by atoms with Crippen LogP contribution >= 0.6 is 0 Å². The Kier molecular flexibility index (Phi) is 3.08. The van der Waals surface area contributed by atoms with E-state index in [0.29, 0.717) is 6.04 Å². The van der Waals surface area contributed by atoms with Crippen molar-refractivity contribution in [2.24, 2.45) is 0 Å². The van der Waals surface area contributed by atoms with Crippen LogP contribution in [0.15, 0.2) is 35.1 Å². The Labute approximate surface area is 110 Å². The van der Waals surface area contributed by atoms with Crippen molar-refractivity contribution in [3.8, 4) is 0 Å². The van der Waals surface area contributed by atoms with Crippen LogP contribution in [0.1, 0.15) is 30.5 Å². The van der Waals surface area contributed by atoms with Crippen molar-refractivity contribution >= 4 is 5.95 Å². The van der Waals surface area contributed by atoms with E-state index in [2.05, 4.69) is 27.6 Å². The number of hydrogen-bond acceptors (Lipinski definition) is 4. The lowest BCUT2D eigenvalue weighted by molar-refractivity contribution is 0.310. The molecule has 6 heteroatoms. The number of aromatic amines is 1. The Morgan fingerprint density at radius 2 is 2.05 bits per heavy atom. The smallest absolute Gasteiger partial charge is 0.345 e. The molecule has 2 atom stereocenters. The number of nitrogens with zero attached hydrogens (tertiary/aromatic N) is 2. The van der Waals surface area contributed by atoms with Crippen LogP contribution in [0.3, 0.4) is 0 Å². The van der Waals surface area contributed by atoms with E-state index in [4.69, 9.17) is 5.73 Å².